The summed E-state index contributed by atoms with van der Waals surface area (Å²) in [6.45, 7) is 1.16. The number of hydrazone groups is 1. The average Bonchev–Trinajstić information content (AvgIpc) is 3.41. The number of hydrogen-bond acceptors (Lipinski definition) is 3. The minimum atomic E-state index is -0.317. The maximum Gasteiger partial charge on any atom is 0.259 e. The summed E-state index contributed by atoms with van der Waals surface area (Å²) in [6, 6.07) is 25.7. The molecule has 1 atom stereocenters. The van der Waals surface area contributed by atoms with E-state index < -0.39 is 0 Å². The molecule has 4 aromatic rings. The van der Waals surface area contributed by atoms with Crippen molar-refractivity contribution in [3.05, 3.63) is 107 Å². The third kappa shape index (κ3) is 5.12. The van der Waals surface area contributed by atoms with E-state index in [1.807, 2.05) is 85.1 Å². The topological polar surface area (TPSA) is 66.7 Å². The van der Waals surface area contributed by atoms with Crippen molar-refractivity contribution in [2.24, 2.45) is 5.10 Å². The van der Waals surface area contributed by atoms with E-state index in [4.69, 9.17) is 11.6 Å². The van der Waals surface area contributed by atoms with Crippen LogP contribution in [-0.4, -0.2) is 40.6 Å². The van der Waals surface area contributed by atoms with Crippen LogP contribution in [0.3, 0.4) is 0 Å². The quantitative estimate of drug-likeness (QED) is 0.302. The van der Waals surface area contributed by atoms with Crippen LogP contribution in [0, 0.1) is 0 Å². The van der Waals surface area contributed by atoms with Crippen molar-refractivity contribution in [2.45, 2.75) is 18.9 Å². The van der Waals surface area contributed by atoms with Gasteiger partial charge in [-0.25, -0.2) is 5.43 Å². The first kappa shape index (κ1) is 22.9. The number of aromatic nitrogens is 1. The highest BCUT2D eigenvalue weighted by atomic mass is 35.5. The van der Waals surface area contributed by atoms with Gasteiger partial charge >= 0.3 is 0 Å². The number of rotatable bonds is 7. The first-order chi connectivity index (χ1) is 17.1. The van der Waals surface area contributed by atoms with E-state index >= 15 is 0 Å². The van der Waals surface area contributed by atoms with Gasteiger partial charge in [0, 0.05) is 53.1 Å². The number of para-hydroxylation sites is 1. The summed E-state index contributed by atoms with van der Waals surface area (Å²) in [7, 11) is 0. The molecule has 0 saturated carbocycles. The van der Waals surface area contributed by atoms with Gasteiger partial charge in [0.15, 0.2) is 0 Å². The molecule has 3 aromatic carbocycles. The fraction of sp³-hybridized carbons (Fsp3) is 0.179. The van der Waals surface area contributed by atoms with Gasteiger partial charge in [0.05, 0.1) is 6.21 Å². The predicted molar refractivity (Wildman–Crippen MR) is 139 cm³/mol. The van der Waals surface area contributed by atoms with Crippen LogP contribution in [-0.2, 0) is 16.1 Å². The van der Waals surface area contributed by atoms with Crippen molar-refractivity contribution in [2.75, 3.05) is 13.1 Å². The molecule has 2 amide bonds. The molecule has 2 heterocycles. The van der Waals surface area contributed by atoms with Crippen LogP contribution >= 0.6 is 11.6 Å². The Balaban J connectivity index is 1.24. The lowest BCUT2D eigenvalue weighted by Crippen LogP contribution is -2.36. The number of amides is 2. The van der Waals surface area contributed by atoms with Gasteiger partial charge in [-0.15, -0.1) is 0 Å². The van der Waals surface area contributed by atoms with Gasteiger partial charge < -0.3 is 9.47 Å². The summed E-state index contributed by atoms with van der Waals surface area (Å²) in [5.41, 5.74) is 6.65. The third-order valence-electron chi connectivity index (χ3n) is 6.33. The first-order valence-electron chi connectivity index (χ1n) is 11.5. The number of hydrogen-bond donors (Lipinski definition) is 1. The Kier molecular flexibility index (Phi) is 6.64. The third-order valence-corrected chi connectivity index (χ3v) is 6.70. The summed E-state index contributed by atoms with van der Waals surface area (Å²) in [5, 5.41) is 5.92. The SMILES string of the molecule is O=C(CN1C[C@H](c2ccccc2)CC1=O)N/N=C\c1cn(Cc2ccccc2Cl)c2ccccc12. The van der Waals surface area contributed by atoms with Crippen molar-refractivity contribution in [1.82, 2.24) is 14.9 Å². The Morgan fingerprint density at radius 2 is 1.77 bits per heavy atom. The number of carbonyl (C=O) groups is 2. The van der Waals surface area contributed by atoms with Crippen LogP contribution in [0.5, 0.6) is 0 Å². The number of benzene rings is 3. The Morgan fingerprint density at radius 1 is 1.03 bits per heavy atom. The fourth-order valence-electron chi connectivity index (χ4n) is 4.58. The van der Waals surface area contributed by atoms with Crippen LogP contribution in [0.15, 0.2) is 90.2 Å². The zero-order chi connectivity index (χ0) is 24.2. The lowest BCUT2D eigenvalue weighted by Gasteiger charge is -2.15. The molecular formula is C28H25ClN4O2. The van der Waals surface area contributed by atoms with Crippen LogP contribution in [0.2, 0.25) is 5.02 Å². The van der Waals surface area contributed by atoms with Gasteiger partial charge in [0.1, 0.15) is 6.54 Å². The van der Waals surface area contributed by atoms with Crippen molar-refractivity contribution < 1.29 is 9.59 Å². The molecular weight excluding hydrogens is 460 g/mol. The molecule has 176 valence electrons. The fourth-order valence-corrected chi connectivity index (χ4v) is 4.77. The second-order valence-corrected chi connectivity index (χ2v) is 9.11. The molecule has 7 heteroatoms. The van der Waals surface area contributed by atoms with Crippen molar-refractivity contribution in [3.63, 3.8) is 0 Å². The van der Waals surface area contributed by atoms with E-state index in [1.165, 1.54) is 0 Å². The maximum atomic E-state index is 12.5. The second-order valence-electron chi connectivity index (χ2n) is 8.70. The van der Waals surface area contributed by atoms with Crippen LogP contribution < -0.4 is 5.43 Å². The summed E-state index contributed by atoms with van der Waals surface area (Å²) >= 11 is 6.36. The number of fused-ring (bicyclic) bond motifs is 1. The molecule has 35 heavy (non-hydrogen) atoms. The highest BCUT2D eigenvalue weighted by Gasteiger charge is 2.31. The molecule has 1 N–H and O–H groups in total. The predicted octanol–water partition coefficient (Wildman–Crippen LogP) is 4.81. The normalized spacial score (nSPS) is 15.9. The summed E-state index contributed by atoms with van der Waals surface area (Å²) in [5.74, 6) is -0.215. The monoisotopic (exact) mass is 484 g/mol. The first-order valence-corrected chi connectivity index (χ1v) is 11.9. The van der Waals surface area contributed by atoms with Crippen LogP contribution in [0.4, 0.5) is 0 Å². The number of carbonyl (C=O) groups excluding carboxylic acids is 2. The number of halogens is 1. The molecule has 0 radical (unpaired) electrons. The number of likely N-dealkylation sites (tertiary alicyclic amines) is 1. The highest BCUT2D eigenvalue weighted by molar-refractivity contribution is 6.31. The lowest BCUT2D eigenvalue weighted by atomic mass is 9.99. The maximum absolute atomic E-state index is 12.5. The molecule has 0 bridgehead atoms. The van der Waals surface area contributed by atoms with E-state index in [0.29, 0.717) is 19.5 Å². The molecule has 1 aliphatic heterocycles. The van der Waals surface area contributed by atoms with E-state index in [1.54, 1.807) is 11.1 Å². The highest BCUT2D eigenvalue weighted by Crippen LogP contribution is 2.27. The van der Waals surface area contributed by atoms with Crippen molar-refractivity contribution in [3.8, 4) is 0 Å². The van der Waals surface area contributed by atoms with Crippen LogP contribution in [0.1, 0.15) is 29.0 Å². The van der Waals surface area contributed by atoms with Gasteiger partial charge in [0.25, 0.3) is 5.91 Å². The zero-order valence-corrected chi connectivity index (χ0v) is 19.9. The van der Waals surface area contributed by atoms with Gasteiger partial charge in [-0.3, -0.25) is 9.59 Å². The Labute approximate surface area is 208 Å². The smallest absolute Gasteiger partial charge is 0.259 e. The Bertz CT molecular complexity index is 1400. The standard InChI is InChI=1S/C28H25ClN4O2/c29-25-12-6-4-10-21(25)16-32-18-23(24-11-5-7-13-26(24)32)15-30-31-27(34)19-33-17-22(14-28(33)35)20-8-2-1-3-9-20/h1-13,15,18,22H,14,16-17,19H2,(H,31,34)/b30-15-/t22-/m1/s1. The van der Waals surface area contributed by atoms with E-state index in [2.05, 4.69) is 15.1 Å². The van der Waals surface area contributed by atoms with Crippen LogP contribution in [0.25, 0.3) is 10.9 Å². The Hall–Kier alpha value is -3.90. The molecule has 5 rings (SSSR count). The molecule has 1 fully saturated rings. The number of nitrogens with zero attached hydrogens (tertiary/aromatic N) is 3. The molecule has 6 nitrogen and oxygen atoms in total. The lowest BCUT2D eigenvalue weighted by molar-refractivity contribution is -0.133. The summed E-state index contributed by atoms with van der Waals surface area (Å²) in [6.07, 6.45) is 4.06. The largest absolute Gasteiger partial charge is 0.342 e. The molecule has 1 aromatic heterocycles. The summed E-state index contributed by atoms with van der Waals surface area (Å²) < 4.78 is 2.12. The van der Waals surface area contributed by atoms with Crippen molar-refractivity contribution in [1.29, 1.82) is 0 Å². The van der Waals surface area contributed by atoms with Crippen molar-refractivity contribution >= 4 is 40.5 Å². The summed E-state index contributed by atoms with van der Waals surface area (Å²) in [4.78, 5) is 26.5. The van der Waals surface area contributed by atoms with E-state index in [-0.39, 0.29) is 24.3 Å². The van der Waals surface area contributed by atoms with Gasteiger partial charge in [-0.1, -0.05) is 78.3 Å². The van der Waals surface area contributed by atoms with E-state index in [0.717, 1.165) is 32.6 Å². The average molecular weight is 485 g/mol. The van der Waals surface area contributed by atoms with Gasteiger partial charge in [0.2, 0.25) is 5.91 Å². The molecule has 1 saturated heterocycles. The van der Waals surface area contributed by atoms with E-state index in [9.17, 15) is 9.59 Å². The molecule has 0 spiro atoms. The number of nitrogens with one attached hydrogen (secondary N) is 1. The second kappa shape index (κ2) is 10.2. The minimum absolute atomic E-state index is 0.00618. The van der Waals surface area contributed by atoms with Gasteiger partial charge in [-0.05, 0) is 23.3 Å². The molecule has 0 unspecified atom stereocenters. The molecule has 1 aliphatic rings. The molecule has 0 aliphatic carbocycles. The van der Waals surface area contributed by atoms with Gasteiger partial charge in [-0.2, -0.15) is 5.10 Å². The Morgan fingerprint density at radius 3 is 2.60 bits per heavy atom. The minimum Gasteiger partial charge on any atom is -0.342 e. The zero-order valence-electron chi connectivity index (χ0n) is 19.1.